The molecule has 10 atom stereocenters. The summed E-state index contributed by atoms with van der Waals surface area (Å²) in [6, 6.07) is 7.86. The number of aliphatic carboxylic acids is 1. The van der Waals surface area contributed by atoms with Crippen molar-refractivity contribution in [2.24, 2.45) is 56.7 Å². The van der Waals surface area contributed by atoms with Crippen LogP contribution in [0.3, 0.4) is 0 Å². The highest BCUT2D eigenvalue weighted by molar-refractivity contribution is 6.32. The van der Waals surface area contributed by atoms with Gasteiger partial charge in [-0.1, -0.05) is 88.7 Å². The Hall–Kier alpha value is -1.58. The molecule has 0 amide bonds. The maximum absolute atomic E-state index is 13.1. The maximum Gasteiger partial charge on any atom is 0.309 e. The smallest absolute Gasteiger partial charge is 0.309 e. The van der Waals surface area contributed by atoms with Crippen molar-refractivity contribution >= 4 is 23.6 Å². The molecule has 1 aromatic carbocycles. The summed E-state index contributed by atoms with van der Waals surface area (Å²) < 4.78 is 0. The number of aliphatic hydroxyl groups excluding tert-OH is 1. The SMILES string of the molecule is C=C(/C=C/c1ccccc1Cl)[C@@H]1CC[C@]2(C(=O)O)CC[C@]3(C)[C@H](CC[C@@H]4[C@@]5(C)CC[C@H](O)C(C)(C)[C@@H]5CC[C@]43C)[C@@H]12. The van der Waals surface area contributed by atoms with Gasteiger partial charge in [0.2, 0.25) is 0 Å². The molecule has 0 aliphatic heterocycles. The molecule has 5 aliphatic carbocycles. The molecule has 224 valence electrons. The van der Waals surface area contributed by atoms with E-state index < -0.39 is 11.4 Å². The van der Waals surface area contributed by atoms with Crippen molar-refractivity contribution in [3.05, 3.63) is 53.1 Å². The van der Waals surface area contributed by atoms with Gasteiger partial charge >= 0.3 is 5.97 Å². The molecule has 3 nitrogen and oxygen atoms in total. The average molecular weight is 579 g/mol. The monoisotopic (exact) mass is 578 g/mol. The van der Waals surface area contributed by atoms with E-state index in [1.807, 2.05) is 24.3 Å². The summed E-state index contributed by atoms with van der Waals surface area (Å²) in [5.41, 5.74) is 1.84. The van der Waals surface area contributed by atoms with Gasteiger partial charge in [0.1, 0.15) is 0 Å². The summed E-state index contributed by atoms with van der Waals surface area (Å²) in [5, 5.41) is 22.5. The largest absolute Gasteiger partial charge is 0.481 e. The molecule has 0 radical (unpaired) electrons. The minimum absolute atomic E-state index is 0.0562. The molecule has 0 bridgehead atoms. The van der Waals surface area contributed by atoms with Crippen LogP contribution >= 0.6 is 11.6 Å². The number of hydrogen-bond acceptors (Lipinski definition) is 2. The number of fused-ring (bicyclic) bond motifs is 7. The Morgan fingerprint density at radius 2 is 1.63 bits per heavy atom. The van der Waals surface area contributed by atoms with Gasteiger partial charge in [0.05, 0.1) is 11.5 Å². The summed E-state index contributed by atoms with van der Waals surface area (Å²) in [6.07, 6.45) is 14.1. The minimum Gasteiger partial charge on any atom is -0.481 e. The molecular weight excluding hydrogens is 528 g/mol. The Morgan fingerprint density at radius 1 is 0.902 bits per heavy atom. The number of aliphatic hydroxyl groups is 1. The average Bonchev–Trinajstić information content (AvgIpc) is 3.32. The van der Waals surface area contributed by atoms with Crippen molar-refractivity contribution in [1.29, 1.82) is 0 Å². The van der Waals surface area contributed by atoms with Crippen LogP contribution in [0.25, 0.3) is 6.08 Å². The van der Waals surface area contributed by atoms with Crippen molar-refractivity contribution in [1.82, 2.24) is 0 Å². The van der Waals surface area contributed by atoms with Gasteiger partial charge in [-0.25, -0.2) is 0 Å². The van der Waals surface area contributed by atoms with Gasteiger partial charge < -0.3 is 10.2 Å². The molecule has 41 heavy (non-hydrogen) atoms. The van der Waals surface area contributed by atoms with Crippen LogP contribution in [0.2, 0.25) is 5.02 Å². The second kappa shape index (κ2) is 9.71. The highest BCUT2D eigenvalue weighted by Gasteiger charge is 2.72. The Kier molecular flexibility index (Phi) is 6.99. The van der Waals surface area contributed by atoms with Gasteiger partial charge in [-0.05, 0) is 127 Å². The zero-order valence-corrected chi connectivity index (χ0v) is 26.6. The fourth-order valence-corrected chi connectivity index (χ4v) is 12.5. The summed E-state index contributed by atoms with van der Waals surface area (Å²) in [7, 11) is 0. The molecule has 0 saturated heterocycles. The zero-order valence-electron chi connectivity index (χ0n) is 25.9. The van der Waals surface area contributed by atoms with Crippen molar-refractivity contribution < 1.29 is 15.0 Å². The lowest BCUT2D eigenvalue weighted by Crippen LogP contribution is -2.67. The van der Waals surface area contributed by atoms with Gasteiger partial charge in [0.15, 0.2) is 0 Å². The van der Waals surface area contributed by atoms with Crippen LogP contribution in [0, 0.1) is 56.7 Å². The normalized spacial score (nSPS) is 46.7. The van der Waals surface area contributed by atoms with Gasteiger partial charge in [0, 0.05) is 5.02 Å². The molecule has 4 heteroatoms. The predicted molar refractivity (Wildman–Crippen MR) is 167 cm³/mol. The molecular formula is C37H51ClO3. The van der Waals surface area contributed by atoms with E-state index in [0.29, 0.717) is 17.8 Å². The lowest BCUT2D eigenvalue weighted by molar-refractivity contribution is -0.248. The maximum atomic E-state index is 13.1. The van der Waals surface area contributed by atoms with Crippen molar-refractivity contribution in [3.63, 3.8) is 0 Å². The fourth-order valence-electron chi connectivity index (χ4n) is 12.3. The van der Waals surface area contributed by atoms with Gasteiger partial charge in [-0.15, -0.1) is 0 Å². The second-order valence-electron chi connectivity index (χ2n) is 16.1. The number of halogens is 1. The third-order valence-corrected chi connectivity index (χ3v) is 15.0. The Morgan fingerprint density at radius 3 is 2.34 bits per heavy atom. The van der Waals surface area contributed by atoms with Crippen molar-refractivity contribution in [2.45, 2.75) is 105 Å². The molecule has 5 aliphatic rings. The van der Waals surface area contributed by atoms with E-state index >= 15 is 0 Å². The molecule has 5 saturated carbocycles. The first-order valence-electron chi connectivity index (χ1n) is 16.3. The molecule has 2 N–H and O–H groups in total. The molecule has 0 unspecified atom stereocenters. The third kappa shape index (κ3) is 3.96. The van der Waals surface area contributed by atoms with Crippen LogP contribution in [-0.4, -0.2) is 22.3 Å². The summed E-state index contributed by atoms with van der Waals surface area (Å²) >= 11 is 6.44. The lowest BCUT2D eigenvalue weighted by atomic mass is 9.32. The van der Waals surface area contributed by atoms with E-state index in [4.69, 9.17) is 11.6 Å². The van der Waals surface area contributed by atoms with Crippen LogP contribution in [0.4, 0.5) is 0 Å². The predicted octanol–water partition coefficient (Wildman–Crippen LogP) is 9.44. The second-order valence-corrected chi connectivity index (χ2v) is 16.5. The lowest BCUT2D eigenvalue weighted by Gasteiger charge is -2.72. The van der Waals surface area contributed by atoms with Gasteiger partial charge in [0.25, 0.3) is 0 Å². The number of allylic oxidation sites excluding steroid dienone is 2. The van der Waals surface area contributed by atoms with E-state index in [-0.39, 0.29) is 39.6 Å². The van der Waals surface area contributed by atoms with Crippen molar-refractivity contribution in [2.75, 3.05) is 0 Å². The van der Waals surface area contributed by atoms with E-state index in [0.717, 1.165) is 61.1 Å². The van der Waals surface area contributed by atoms with Crippen LogP contribution in [0.5, 0.6) is 0 Å². The van der Waals surface area contributed by atoms with E-state index in [9.17, 15) is 15.0 Å². The fraction of sp³-hybridized carbons (Fsp3) is 0.703. The third-order valence-electron chi connectivity index (χ3n) is 14.7. The number of benzene rings is 1. The molecule has 0 spiro atoms. The first kappa shape index (κ1) is 29.5. The summed E-state index contributed by atoms with van der Waals surface area (Å²) in [4.78, 5) is 13.1. The van der Waals surface area contributed by atoms with E-state index in [1.165, 1.54) is 19.3 Å². The Labute approximate surface area is 252 Å². The van der Waals surface area contributed by atoms with Crippen LogP contribution in [0.15, 0.2) is 42.5 Å². The Bertz CT molecular complexity index is 1270. The number of carboxylic acids is 1. The van der Waals surface area contributed by atoms with E-state index in [2.05, 4.69) is 53.3 Å². The van der Waals surface area contributed by atoms with Gasteiger partial charge in [-0.3, -0.25) is 4.79 Å². The number of carboxylic acid groups (broad SMARTS) is 1. The molecule has 0 aromatic heterocycles. The first-order chi connectivity index (χ1) is 19.2. The molecule has 6 rings (SSSR count). The summed E-state index contributed by atoms with van der Waals surface area (Å²) in [5.74, 6) is 1.25. The summed E-state index contributed by atoms with van der Waals surface area (Å²) in [6.45, 7) is 16.9. The number of rotatable bonds is 4. The molecule has 0 heterocycles. The topological polar surface area (TPSA) is 57.5 Å². The highest BCUT2D eigenvalue weighted by atomic mass is 35.5. The standard InChI is InChI=1S/C37H51ClO3/c1-23(11-12-24-9-7-8-10-27(24)38)25-15-20-37(32(40)41)22-21-35(5)26(31(25)37)13-14-29-34(4)18-17-30(39)33(2,3)28(34)16-19-36(29,35)6/h7-12,25-26,28-31,39H,1,13-22H2,2-6H3,(H,40,41)/b12-11+/t25-,26+,28-,29+,30-,31+,34-,35+,36+,37-/m0/s1. The minimum atomic E-state index is -0.642. The number of carbonyl (C=O) groups is 1. The van der Waals surface area contributed by atoms with E-state index in [1.54, 1.807) is 0 Å². The highest BCUT2D eigenvalue weighted by Crippen LogP contribution is 2.77. The molecule has 5 fully saturated rings. The number of hydrogen-bond donors (Lipinski definition) is 2. The molecule has 1 aromatic rings. The van der Waals surface area contributed by atoms with Crippen LogP contribution in [-0.2, 0) is 4.79 Å². The Balaban J connectivity index is 1.36. The van der Waals surface area contributed by atoms with Crippen molar-refractivity contribution in [3.8, 4) is 0 Å². The van der Waals surface area contributed by atoms with Gasteiger partial charge in [-0.2, -0.15) is 0 Å². The van der Waals surface area contributed by atoms with Crippen LogP contribution < -0.4 is 0 Å². The first-order valence-corrected chi connectivity index (χ1v) is 16.6. The van der Waals surface area contributed by atoms with Crippen LogP contribution in [0.1, 0.15) is 104 Å². The quantitative estimate of drug-likeness (QED) is 0.350. The zero-order chi connectivity index (χ0) is 29.6.